The third-order valence-electron chi connectivity index (χ3n) is 3.70. The Morgan fingerprint density at radius 2 is 2.06 bits per heavy atom. The molecule has 3 atom stereocenters. The number of allylic oxidation sites excluding steroid dienone is 2. The van der Waals surface area contributed by atoms with Crippen LogP contribution in [-0.4, -0.2) is 34.5 Å². The van der Waals surface area contributed by atoms with E-state index in [1.807, 2.05) is 0 Å². The molecule has 1 saturated heterocycles. The Labute approximate surface area is 116 Å². The second-order valence-corrected chi connectivity index (χ2v) is 5.50. The van der Waals surface area contributed by atoms with Crippen molar-refractivity contribution in [3.63, 3.8) is 0 Å². The van der Waals surface area contributed by atoms with E-state index < -0.39 is 0 Å². The quantitative estimate of drug-likeness (QED) is 0.742. The maximum absolute atomic E-state index is 6.21. The molecule has 0 amide bonds. The normalized spacial score (nSPS) is 30.7. The monoisotopic (exact) mass is 281 g/mol. The van der Waals surface area contributed by atoms with E-state index >= 15 is 0 Å². The summed E-state index contributed by atoms with van der Waals surface area (Å²) in [5.41, 5.74) is 0.857. The number of rotatable bonds is 1. The van der Waals surface area contributed by atoms with Gasteiger partial charge in [-0.3, -0.25) is 4.90 Å². The van der Waals surface area contributed by atoms with Gasteiger partial charge in [-0.2, -0.15) is 0 Å². The Kier molecular flexibility index (Phi) is 3.14. The van der Waals surface area contributed by atoms with Crippen molar-refractivity contribution in [1.29, 1.82) is 0 Å². The molecule has 3 rings (SSSR count). The lowest BCUT2D eigenvalue weighted by atomic mass is 9.85. The molecule has 0 bridgehead atoms. The minimum Gasteiger partial charge on any atom is -0.299 e. The number of hydrogen-bond acceptors (Lipinski definition) is 3. The number of nitrogens with zero attached hydrogens (tertiary/aromatic N) is 3. The van der Waals surface area contributed by atoms with Crippen LogP contribution in [0.25, 0.3) is 0 Å². The van der Waals surface area contributed by atoms with E-state index in [-0.39, 0.29) is 11.2 Å². The Hall–Kier alpha value is -0.900. The number of likely N-dealkylation sites (tertiary alicyclic amines) is 1. The molecule has 5 heteroatoms. The van der Waals surface area contributed by atoms with Gasteiger partial charge in [-0.05, 0) is 18.6 Å². The van der Waals surface area contributed by atoms with Crippen molar-refractivity contribution in [2.24, 2.45) is 5.92 Å². The highest BCUT2D eigenvalue weighted by Crippen LogP contribution is 2.40. The molecule has 0 aromatic carbocycles. The minimum absolute atomic E-state index is 0.260. The van der Waals surface area contributed by atoms with Crippen LogP contribution in [0.1, 0.15) is 11.6 Å². The Morgan fingerprint density at radius 1 is 1.28 bits per heavy atom. The third-order valence-corrected chi connectivity index (χ3v) is 4.17. The van der Waals surface area contributed by atoms with Crippen LogP contribution in [0.5, 0.6) is 0 Å². The summed E-state index contributed by atoms with van der Waals surface area (Å²) < 4.78 is 0. The topological polar surface area (TPSA) is 29.0 Å². The molecule has 2 aliphatic rings. The van der Waals surface area contributed by atoms with Gasteiger partial charge >= 0.3 is 0 Å². The standard InChI is InChI=1S/C13H13Cl2N3/c1-18-7-9(8-4-2-3-5-11(8)18)12-10(14)6-16-13(15)17-12/h2-6,8-9,11H,7H2,1H3. The van der Waals surface area contributed by atoms with Crippen molar-refractivity contribution in [1.82, 2.24) is 14.9 Å². The van der Waals surface area contributed by atoms with Crippen LogP contribution in [0.3, 0.4) is 0 Å². The van der Waals surface area contributed by atoms with Crippen molar-refractivity contribution in [2.75, 3.05) is 13.6 Å². The van der Waals surface area contributed by atoms with E-state index in [0.29, 0.717) is 17.0 Å². The fourth-order valence-electron chi connectivity index (χ4n) is 2.87. The largest absolute Gasteiger partial charge is 0.299 e. The van der Waals surface area contributed by atoms with E-state index in [4.69, 9.17) is 23.2 Å². The molecule has 2 heterocycles. The predicted octanol–water partition coefficient (Wildman–Crippen LogP) is 2.92. The predicted molar refractivity (Wildman–Crippen MR) is 73.0 cm³/mol. The van der Waals surface area contributed by atoms with Gasteiger partial charge in [0.25, 0.3) is 0 Å². The maximum Gasteiger partial charge on any atom is 0.222 e. The molecule has 0 radical (unpaired) electrons. The molecule has 3 nitrogen and oxygen atoms in total. The van der Waals surface area contributed by atoms with Gasteiger partial charge in [0, 0.05) is 24.4 Å². The first-order valence-electron chi connectivity index (χ1n) is 5.90. The smallest absolute Gasteiger partial charge is 0.222 e. The minimum atomic E-state index is 0.260. The van der Waals surface area contributed by atoms with Gasteiger partial charge in [0.2, 0.25) is 5.28 Å². The Morgan fingerprint density at radius 3 is 2.89 bits per heavy atom. The molecule has 18 heavy (non-hydrogen) atoms. The number of hydrogen-bond donors (Lipinski definition) is 0. The molecule has 1 aromatic heterocycles. The second-order valence-electron chi connectivity index (χ2n) is 4.76. The lowest BCUT2D eigenvalue weighted by Crippen LogP contribution is -2.27. The highest BCUT2D eigenvalue weighted by atomic mass is 35.5. The fraction of sp³-hybridized carbons (Fsp3) is 0.385. The molecule has 1 fully saturated rings. The van der Waals surface area contributed by atoms with Crippen molar-refractivity contribution in [3.8, 4) is 0 Å². The molecule has 0 spiro atoms. The average molecular weight is 282 g/mol. The van der Waals surface area contributed by atoms with Crippen molar-refractivity contribution < 1.29 is 0 Å². The summed E-state index contributed by atoms with van der Waals surface area (Å²) in [6, 6.07) is 0.421. The summed E-state index contributed by atoms with van der Waals surface area (Å²) in [6.45, 7) is 0.928. The number of halogens is 2. The second kappa shape index (κ2) is 4.65. The number of aromatic nitrogens is 2. The van der Waals surface area contributed by atoms with Crippen LogP contribution in [0.2, 0.25) is 10.3 Å². The summed E-state index contributed by atoms with van der Waals surface area (Å²) in [5.74, 6) is 0.678. The molecule has 1 aliphatic heterocycles. The van der Waals surface area contributed by atoms with Gasteiger partial charge in [-0.15, -0.1) is 0 Å². The Balaban J connectivity index is 2.00. The van der Waals surface area contributed by atoms with Gasteiger partial charge in [0.15, 0.2) is 0 Å². The molecule has 94 valence electrons. The third kappa shape index (κ3) is 1.96. The maximum atomic E-state index is 6.21. The van der Waals surface area contributed by atoms with Crippen LogP contribution >= 0.6 is 23.2 Å². The van der Waals surface area contributed by atoms with Crippen LogP contribution in [0, 0.1) is 5.92 Å². The Bertz CT molecular complexity index is 527. The summed E-state index contributed by atoms with van der Waals surface area (Å²) in [5, 5.41) is 0.859. The van der Waals surface area contributed by atoms with Crippen molar-refractivity contribution >= 4 is 23.2 Å². The van der Waals surface area contributed by atoms with E-state index in [1.54, 1.807) is 6.20 Å². The molecular formula is C13H13Cl2N3. The van der Waals surface area contributed by atoms with Crippen molar-refractivity contribution in [2.45, 2.75) is 12.0 Å². The van der Waals surface area contributed by atoms with E-state index in [2.05, 4.69) is 46.2 Å². The molecular weight excluding hydrogens is 269 g/mol. The SMILES string of the molecule is CN1CC(c2nc(Cl)ncc2Cl)C2C=CC=CC21. The summed E-state index contributed by atoms with van der Waals surface area (Å²) in [6.07, 6.45) is 10.2. The number of fused-ring (bicyclic) bond motifs is 1. The average Bonchev–Trinajstić information content (AvgIpc) is 2.71. The number of likely N-dealkylation sites (N-methyl/N-ethyl adjacent to an activating group) is 1. The van der Waals surface area contributed by atoms with Crippen LogP contribution < -0.4 is 0 Å². The van der Waals surface area contributed by atoms with E-state index in [1.165, 1.54) is 0 Å². The lowest BCUT2D eigenvalue weighted by Gasteiger charge is -2.23. The van der Waals surface area contributed by atoms with Crippen molar-refractivity contribution in [3.05, 3.63) is 46.5 Å². The summed E-state index contributed by atoms with van der Waals surface area (Å²) in [4.78, 5) is 10.5. The molecule has 0 saturated carbocycles. The highest BCUT2D eigenvalue weighted by molar-refractivity contribution is 6.32. The van der Waals surface area contributed by atoms with E-state index in [9.17, 15) is 0 Å². The first kappa shape index (κ1) is 12.2. The van der Waals surface area contributed by atoms with Gasteiger partial charge < -0.3 is 0 Å². The zero-order valence-corrected chi connectivity index (χ0v) is 11.4. The van der Waals surface area contributed by atoms with Crippen LogP contribution in [0.15, 0.2) is 30.5 Å². The summed E-state index contributed by atoms with van der Waals surface area (Å²) >= 11 is 12.1. The van der Waals surface area contributed by atoms with Crippen LogP contribution in [0.4, 0.5) is 0 Å². The zero-order valence-electron chi connectivity index (χ0n) is 9.92. The molecule has 0 N–H and O–H groups in total. The highest BCUT2D eigenvalue weighted by Gasteiger charge is 2.40. The molecule has 1 aromatic rings. The van der Waals surface area contributed by atoms with Gasteiger partial charge in [-0.1, -0.05) is 35.9 Å². The first-order valence-corrected chi connectivity index (χ1v) is 6.65. The lowest BCUT2D eigenvalue weighted by molar-refractivity contribution is 0.338. The van der Waals surface area contributed by atoms with Gasteiger partial charge in [-0.25, -0.2) is 9.97 Å². The molecule has 3 unspecified atom stereocenters. The molecule has 1 aliphatic carbocycles. The van der Waals surface area contributed by atoms with Crippen LogP contribution in [-0.2, 0) is 0 Å². The first-order chi connectivity index (χ1) is 8.66. The van der Waals surface area contributed by atoms with E-state index in [0.717, 1.165) is 12.2 Å². The zero-order chi connectivity index (χ0) is 12.7. The van der Waals surface area contributed by atoms with Gasteiger partial charge in [0.05, 0.1) is 16.9 Å². The van der Waals surface area contributed by atoms with Gasteiger partial charge in [0.1, 0.15) is 0 Å². The summed E-state index contributed by atoms with van der Waals surface area (Å²) in [7, 11) is 2.12. The fourth-order valence-corrected chi connectivity index (χ4v) is 3.24.